The van der Waals surface area contributed by atoms with Crippen LogP contribution in [0.25, 0.3) is 0 Å². The van der Waals surface area contributed by atoms with Gasteiger partial charge < -0.3 is 9.84 Å². The predicted molar refractivity (Wildman–Crippen MR) is 75.1 cm³/mol. The Morgan fingerprint density at radius 1 is 1.67 bits per heavy atom. The topological polar surface area (TPSA) is 58.6 Å². The lowest BCUT2D eigenvalue weighted by atomic mass is 10.2. The van der Waals surface area contributed by atoms with Gasteiger partial charge in [-0.25, -0.2) is 0 Å². The summed E-state index contributed by atoms with van der Waals surface area (Å²) in [6.07, 6.45) is 0. The van der Waals surface area contributed by atoms with E-state index in [9.17, 15) is 4.79 Å². The molecule has 0 bridgehead atoms. The molecule has 1 aromatic carbocycles. The summed E-state index contributed by atoms with van der Waals surface area (Å²) < 4.78 is 6.54. The Labute approximate surface area is 118 Å². The first-order valence-corrected chi connectivity index (χ1v) is 7.48. The summed E-state index contributed by atoms with van der Waals surface area (Å²) >= 11 is 5.02. The van der Waals surface area contributed by atoms with E-state index in [1.165, 1.54) is 0 Å². The highest BCUT2D eigenvalue weighted by Crippen LogP contribution is 2.39. The minimum absolute atomic E-state index is 0.0369. The summed E-state index contributed by atoms with van der Waals surface area (Å²) in [5.41, 5.74) is 0.986. The van der Waals surface area contributed by atoms with E-state index in [0.29, 0.717) is 12.4 Å². The number of hydrogen-bond donors (Lipinski definition) is 2. The molecule has 1 aliphatic rings. The maximum Gasteiger partial charge on any atom is 0.321 e. The van der Waals surface area contributed by atoms with Crippen molar-refractivity contribution in [1.29, 1.82) is 0 Å². The summed E-state index contributed by atoms with van der Waals surface area (Å²) in [4.78, 5) is 10.9. The van der Waals surface area contributed by atoms with Crippen LogP contribution < -0.4 is 10.1 Å². The molecule has 1 aromatic rings. The number of hydrogen-bond acceptors (Lipinski definition) is 4. The normalized spacial score (nSPS) is 23.0. The van der Waals surface area contributed by atoms with E-state index >= 15 is 0 Å². The number of carboxylic acid groups (broad SMARTS) is 1. The van der Waals surface area contributed by atoms with E-state index in [1.54, 1.807) is 11.8 Å². The fraction of sp³-hybridized carbons (Fsp3) is 0.417. The SMILES string of the molecule is CCOc1ccc(Br)cc1C1NC(C(=O)O)CS1. The molecule has 1 aliphatic heterocycles. The molecule has 2 rings (SSSR count). The Kier molecular flexibility index (Phi) is 4.53. The summed E-state index contributed by atoms with van der Waals surface area (Å²) in [6.45, 7) is 2.52. The van der Waals surface area contributed by atoms with Crippen LogP contribution in [0.15, 0.2) is 22.7 Å². The summed E-state index contributed by atoms with van der Waals surface area (Å²) in [5.74, 6) is 0.563. The molecule has 6 heteroatoms. The van der Waals surface area contributed by atoms with Gasteiger partial charge in [0.15, 0.2) is 0 Å². The molecule has 1 saturated heterocycles. The second-order valence-corrected chi connectivity index (χ2v) is 5.94. The zero-order valence-corrected chi connectivity index (χ0v) is 12.3. The highest BCUT2D eigenvalue weighted by Gasteiger charge is 2.31. The molecule has 4 nitrogen and oxygen atoms in total. The van der Waals surface area contributed by atoms with Gasteiger partial charge in [-0.3, -0.25) is 10.1 Å². The minimum atomic E-state index is -0.807. The smallest absolute Gasteiger partial charge is 0.321 e. The molecule has 1 heterocycles. The van der Waals surface area contributed by atoms with Crippen LogP contribution in [0.1, 0.15) is 17.9 Å². The van der Waals surface area contributed by atoms with Crippen LogP contribution in [0.2, 0.25) is 0 Å². The zero-order chi connectivity index (χ0) is 13.1. The molecule has 0 aromatic heterocycles. The van der Waals surface area contributed by atoms with Crippen molar-refractivity contribution < 1.29 is 14.6 Å². The fourth-order valence-corrected chi connectivity index (χ4v) is 3.43. The van der Waals surface area contributed by atoms with Crippen molar-refractivity contribution in [3.05, 3.63) is 28.2 Å². The van der Waals surface area contributed by atoms with Crippen LogP contribution in [-0.2, 0) is 4.79 Å². The third kappa shape index (κ3) is 2.99. The molecule has 2 unspecified atom stereocenters. The number of ether oxygens (including phenoxy) is 1. The first-order chi connectivity index (χ1) is 8.61. The molecule has 0 saturated carbocycles. The second kappa shape index (κ2) is 5.95. The number of rotatable bonds is 4. The number of aliphatic carboxylic acids is 1. The van der Waals surface area contributed by atoms with E-state index < -0.39 is 12.0 Å². The lowest BCUT2D eigenvalue weighted by molar-refractivity contribution is -0.138. The van der Waals surface area contributed by atoms with Crippen LogP contribution in [-0.4, -0.2) is 29.5 Å². The van der Waals surface area contributed by atoms with Crippen molar-refractivity contribution in [3.8, 4) is 5.75 Å². The Bertz CT molecular complexity index is 455. The molecule has 0 spiro atoms. The number of halogens is 1. The first kappa shape index (κ1) is 13.7. The molecule has 2 N–H and O–H groups in total. The maximum absolute atomic E-state index is 10.9. The molecule has 0 radical (unpaired) electrons. The quantitative estimate of drug-likeness (QED) is 0.888. The second-order valence-electron chi connectivity index (χ2n) is 3.89. The molecule has 1 fully saturated rings. The molecule has 2 atom stereocenters. The Morgan fingerprint density at radius 3 is 3.06 bits per heavy atom. The predicted octanol–water partition coefficient (Wildman–Crippen LogP) is 2.64. The lowest BCUT2D eigenvalue weighted by Gasteiger charge is -2.16. The van der Waals surface area contributed by atoms with E-state index in [1.807, 2.05) is 25.1 Å². The summed E-state index contributed by atoms with van der Waals surface area (Å²) in [5, 5.41) is 12.0. The van der Waals surface area contributed by atoms with E-state index in [2.05, 4.69) is 21.2 Å². The molecule has 98 valence electrons. The van der Waals surface area contributed by atoms with Gasteiger partial charge in [0, 0.05) is 15.8 Å². The van der Waals surface area contributed by atoms with Crippen molar-refractivity contribution in [2.75, 3.05) is 12.4 Å². The van der Waals surface area contributed by atoms with Gasteiger partial charge >= 0.3 is 5.97 Å². The number of nitrogens with one attached hydrogen (secondary N) is 1. The van der Waals surface area contributed by atoms with Crippen LogP contribution in [0.4, 0.5) is 0 Å². The Balaban J connectivity index is 2.22. The third-order valence-electron chi connectivity index (χ3n) is 2.63. The number of carboxylic acids is 1. The van der Waals surface area contributed by atoms with Gasteiger partial charge in [-0.15, -0.1) is 11.8 Å². The largest absolute Gasteiger partial charge is 0.494 e. The van der Waals surface area contributed by atoms with Crippen molar-refractivity contribution >= 4 is 33.7 Å². The lowest BCUT2D eigenvalue weighted by Crippen LogP contribution is -2.33. The Hall–Kier alpha value is -0.720. The van der Waals surface area contributed by atoms with Gasteiger partial charge in [0.2, 0.25) is 0 Å². The minimum Gasteiger partial charge on any atom is -0.494 e. The standard InChI is InChI=1S/C12H14BrNO3S/c1-2-17-10-4-3-7(13)5-8(10)11-14-9(6-18-11)12(15)16/h3-5,9,11,14H,2,6H2,1H3,(H,15,16). The third-order valence-corrected chi connectivity index (χ3v) is 4.38. The number of carbonyl (C=O) groups is 1. The first-order valence-electron chi connectivity index (χ1n) is 5.64. The molecular formula is C12H14BrNO3S. The van der Waals surface area contributed by atoms with Crippen LogP contribution >= 0.6 is 27.7 Å². The van der Waals surface area contributed by atoms with Crippen molar-refractivity contribution in [1.82, 2.24) is 5.32 Å². The molecule has 0 aliphatic carbocycles. The van der Waals surface area contributed by atoms with E-state index in [-0.39, 0.29) is 5.37 Å². The van der Waals surface area contributed by atoms with E-state index in [0.717, 1.165) is 15.8 Å². The van der Waals surface area contributed by atoms with Gasteiger partial charge in [0.1, 0.15) is 11.8 Å². The van der Waals surface area contributed by atoms with Crippen molar-refractivity contribution in [2.45, 2.75) is 18.3 Å². The highest BCUT2D eigenvalue weighted by molar-refractivity contribution is 9.10. The maximum atomic E-state index is 10.9. The summed E-state index contributed by atoms with van der Waals surface area (Å²) in [6, 6.07) is 5.30. The fourth-order valence-electron chi connectivity index (χ4n) is 1.80. The van der Waals surface area contributed by atoms with Gasteiger partial charge in [-0.2, -0.15) is 0 Å². The van der Waals surface area contributed by atoms with Crippen molar-refractivity contribution in [2.24, 2.45) is 0 Å². The van der Waals surface area contributed by atoms with Gasteiger partial charge in [0.25, 0.3) is 0 Å². The van der Waals surface area contributed by atoms with Crippen LogP contribution in [0.5, 0.6) is 5.75 Å². The van der Waals surface area contributed by atoms with Gasteiger partial charge in [-0.1, -0.05) is 15.9 Å². The molecular weight excluding hydrogens is 318 g/mol. The van der Waals surface area contributed by atoms with Gasteiger partial charge in [-0.05, 0) is 25.1 Å². The number of benzene rings is 1. The van der Waals surface area contributed by atoms with Crippen LogP contribution in [0.3, 0.4) is 0 Å². The average molecular weight is 332 g/mol. The Morgan fingerprint density at radius 2 is 2.44 bits per heavy atom. The zero-order valence-electron chi connectivity index (χ0n) is 9.85. The highest BCUT2D eigenvalue weighted by atomic mass is 79.9. The molecule has 18 heavy (non-hydrogen) atoms. The van der Waals surface area contributed by atoms with Gasteiger partial charge in [0.05, 0.1) is 12.0 Å². The average Bonchev–Trinajstić information content (AvgIpc) is 2.81. The van der Waals surface area contributed by atoms with Crippen molar-refractivity contribution in [3.63, 3.8) is 0 Å². The summed E-state index contributed by atoms with van der Waals surface area (Å²) in [7, 11) is 0. The number of thioether (sulfide) groups is 1. The monoisotopic (exact) mass is 331 g/mol. The molecule has 0 amide bonds. The van der Waals surface area contributed by atoms with E-state index in [4.69, 9.17) is 9.84 Å². The van der Waals surface area contributed by atoms with Crippen LogP contribution in [0, 0.1) is 0 Å².